The van der Waals surface area contributed by atoms with E-state index in [1.54, 1.807) is 30.0 Å². The molecule has 26 heavy (non-hydrogen) atoms. The molecule has 1 aliphatic rings. The minimum atomic E-state index is -0.623. The van der Waals surface area contributed by atoms with E-state index >= 15 is 0 Å². The fourth-order valence-corrected chi connectivity index (χ4v) is 3.90. The SMILES string of the molecule is C=CCN(Cc1ccc(Cl)s1)C(=O)CN1C(=O)C(C)Oc2ccccc21. The van der Waals surface area contributed by atoms with E-state index < -0.39 is 6.10 Å². The van der Waals surface area contributed by atoms with Crippen molar-refractivity contribution < 1.29 is 14.3 Å². The molecule has 0 radical (unpaired) electrons. The molecule has 7 heteroatoms. The maximum absolute atomic E-state index is 12.9. The highest BCUT2D eigenvalue weighted by Gasteiger charge is 2.33. The molecule has 0 saturated heterocycles. The van der Waals surface area contributed by atoms with Crippen molar-refractivity contribution in [1.82, 2.24) is 4.90 Å². The van der Waals surface area contributed by atoms with Crippen LogP contribution in [-0.4, -0.2) is 35.9 Å². The van der Waals surface area contributed by atoms with Crippen molar-refractivity contribution in [3.63, 3.8) is 0 Å². The molecule has 1 atom stereocenters. The van der Waals surface area contributed by atoms with Crippen molar-refractivity contribution in [2.45, 2.75) is 19.6 Å². The van der Waals surface area contributed by atoms with Gasteiger partial charge >= 0.3 is 0 Å². The molecule has 1 aromatic heterocycles. The monoisotopic (exact) mass is 390 g/mol. The summed E-state index contributed by atoms with van der Waals surface area (Å²) in [5.41, 5.74) is 0.613. The minimum absolute atomic E-state index is 0.0451. The number of thiophene rings is 1. The number of amides is 2. The molecule has 0 bridgehead atoms. The van der Waals surface area contributed by atoms with E-state index in [9.17, 15) is 9.59 Å². The number of para-hydroxylation sites is 2. The second-order valence-corrected chi connectivity index (χ2v) is 7.72. The van der Waals surface area contributed by atoms with Gasteiger partial charge in [-0.2, -0.15) is 0 Å². The molecule has 0 spiro atoms. The summed E-state index contributed by atoms with van der Waals surface area (Å²) in [6, 6.07) is 10.9. The standard InChI is InChI=1S/C19H19ClN2O3S/c1-3-10-21(11-14-8-9-17(20)26-14)18(23)12-22-15-6-4-5-7-16(15)25-13(2)19(22)24/h3-9,13H,1,10-12H2,2H3. The summed E-state index contributed by atoms with van der Waals surface area (Å²) >= 11 is 7.41. The normalized spacial score (nSPS) is 16.0. The molecule has 136 valence electrons. The van der Waals surface area contributed by atoms with Crippen molar-refractivity contribution in [2.75, 3.05) is 18.0 Å². The highest BCUT2D eigenvalue weighted by molar-refractivity contribution is 7.16. The first-order valence-electron chi connectivity index (χ1n) is 8.19. The molecular weight excluding hydrogens is 372 g/mol. The van der Waals surface area contributed by atoms with Gasteiger partial charge in [0, 0.05) is 11.4 Å². The van der Waals surface area contributed by atoms with Crippen LogP contribution in [0, 0.1) is 0 Å². The van der Waals surface area contributed by atoms with Gasteiger partial charge in [0.2, 0.25) is 5.91 Å². The fourth-order valence-electron chi connectivity index (χ4n) is 2.79. The van der Waals surface area contributed by atoms with Crippen LogP contribution in [0.5, 0.6) is 5.75 Å². The number of anilines is 1. The molecule has 0 aliphatic carbocycles. The Kier molecular flexibility index (Phi) is 5.64. The summed E-state index contributed by atoms with van der Waals surface area (Å²) < 4.78 is 6.29. The van der Waals surface area contributed by atoms with Gasteiger partial charge in [0.15, 0.2) is 6.10 Å². The van der Waals surface area contributed by atoms with Crippen LogP contribution in [0.1, 0.15) is 11.8 Å². The number of fused-ring (bicyclic) bond motifs is 1. The van der Waals surface area contributed by atoms with Crippen molar-refractivity contribution >= 4 is 40.4 Å². The zero-order valence-corrected chi connectivity index (χ0v) is 15.9. The van der Waals surface area contributed by atoms with Crippen molar-refractivity contribution in [3.8, 4) is 5.75 Å². The Hall–Kier alpha value is -2.31. The van der Waals surface area contributed by atoms with E-state index in [0.29, 0.717) is 28.9 Å². The molecular formula is C19H19ClN2O3S. The molecule has 1 aliphatic heterocycles. The molecule has 1 aromatic carbocycles. The van der Waals surface area contributed by atoms with Gasteiger partial charge in [-0.1, -0.05) is 29.8 Å². The van der Waals surface area contributed by atoms with Gasteiger partial charge in [-0.05, 0) is 31.2 Å². The number of hydrogen-bond donors (Lipinski definition) is 0. The molecule has 0 fully saturated rings. The second-order valence-electron chi connectivity index (χ2n) is 5.92. The lowest BCUT2D eigenvalue weighted by molar-refractivity contribution is -0.133. The van der Waals surface area contributed by atoms with E-state index in [2.05, 4.69) is 6.58 Å². The summed E-state index contributed by atoms with van der Waals surface area (Å²) in [5.74, 6) is 0.217. The molecule has 1 unspecified atom stereocenters. The molecule has 2 aromatic rings. The first-order chi connectivity index (χ1) is 12.5. The Morgan fingerprint density at radius 3 is 2.85 bits per heavy atom. The number of halogens is 1. The maximum atomic E-state index is 12.9. The van der Waals surface area contributed by atoms with Crippen molar-refractivity contribution in [1.29, 1.82) is 0 Å². The van der Waals surface area contributed by atoms with Crippen molar-refractivity contribution in [2.24, 2.45) is 0 Å². The smallest absolute Gasteiger partial charge is 0.268 e. The molecule has 0 saturated carbocycles. The van der Waals surface area contributed by atoms with Gasteiger partial charge in [0.05, 0.1) is 16.6 Å². The largest absolute Gasteiger partial charge is 0.479 e. The zero-order chi connectivity index (χ0) is 18.7. The summed E-state index contributed by atoms with van der Waals surface area (Å²) in [7, 11) is 0. The molecule has 2 heterocycles. The minimum Gasteiger partial charge on any atom is -0.479 e. The lowest BCUT2D eigenvalue weighted by atomic mass is 10.2. The van der Waals surface area contributed by atoms with Crippen LogP contribution in [-0.2, 0) is 16.1 Å². The van der Waals surface area contributed by atoms with Crippen LogP contribution in [0.15, 0.2) is 49.1 Å². The van der Waals surface area contributed by atoms with Gasteiger partial charge in [-0.3, -0.25) is 14.5 Å². The second kappa shape index (κ2) is 7.93. The first kappa shape index (κ1) is 18.5. The topological polar surface area (TPSA) is 49.9 Å². The Labute approximate surface area is 161 Å². The quantitative estimate of drug-likeness (QED) is 0.706. The van der Waals surface area contributed by atoms with Crippen LogP contribution in [0.2, 0.25) is 4.34 Å². The average molecular weight is 391 g/mol. The number of ether oxygens (including phenoxy) is 1. The average Bonchev–Trinajstić information content (AvgIpc) is 3.03. The Morgan fingerprint density at radius 1 is 1.38 bits per heavy atom. The zero-order valence-electron chi connectivity index (χ0n) is 14.4. The lowest BCUT2D eigenvalue weighted by Gasteiger charge is -2.33. The van der Waals surface area contributed by atoms with Gasteiger partial charge in [-0.25, -0.2) is 0 Å². The van der Waals surface area contributed by atoms with Gasteiger partial charge < -0.3 is 9.64 Å². The number of nitrogens with zero attached hydrogens (tertiary/aromatic N) is 2. The predicted molar refractivity (Wildman–Crippen MR) is 104 cm³/mol. The van der Waals surface area contributed by atoms with Crippen LogP contribution in [0.4, 0.5) is 5.69 Å². The van der Waals surface area contributed by atoms with E-state index in [-0.39, 0.29) is 18.4 Å². The van der Waals surface area contributed by atoms with Crippen LogP contribution >= 0.6 is 22.9 Å². The third-order valence-electron chi connectivity index (χ3n) is 4.04. The van der Waals surface area contributed by atoms with E-state index in [1.807, 2.05) is 24.3 Å². The van der Waals surface area contributed by atoms with E-state index in [0.717, 1.165) is 4.88 Å². The van der Waals surface area contributed by atoms with Crippen molar-refractivity contribution in [3.05, 3.63) is 58.3 Å². The lowest BCUT2D eigenvalue weighted by Crippen LogP contribution is -2.49. The molecule has 3 rings (SSSR count). The molecule has 5 nitrogen and oxygen atoms in total. The number of hydrogen-bond acceptors (Lipinski definition) is 4. The van der Waals surface area contributed by atoms with Gasteiger partial charge in [-0.15, -0.1) is 17.9 Å². The summed E-state index contributed by atoms with van der Waals surface area (Å²) in [6.07, 6.45) is 1.05. The van der Waals surface area contributed by atoms with Gasteiger partial charge in [0.1, 0.15) is 12.3 Å². The number of rotatable bonds is 6. The van der Waals surface area contributed by atoms with E-state index in [1.165, 1.54) is 16.2 Å². The van der Waals surface area contributed by atoms with Crippen LogP contribution in [0.25, 0.3) is 0 Å². The summed E-state index contributed by atoms with van der Waals surface area (Å²) in [5, 5.41) is 0. The molecule has 2 amide bonds. The number of benzene rings is 1. The van der Waals surface area contributed by atoms with Crippen LogP contribution in [0.3, 0.4) is 0 Å². The molecule has 0 N–H and O–H groups in total. The fraction of sp³-hybridized carbons (Fsp3) is 0.263. The maximum Gasteiger partial charge on any atom is 0.268 e. The third kappa shape index (κ3) is 3.92. The predicted octanol–water partition coefficient (Wildman–Crippen LogP) is 3.73. The number of carbonyl (C=O) groups is 2. The third-order valence-corrected chi connectivity index (χ3v) is 5.26. The Morgan fingerprint density at radius 2 is 2.15 bits per heavy atom. The van der Waals surface area contributed by atoms with Crippen LogP contribution < -0.4 is 9.64 Å². The Bertz CT molecular complexity index is 836. The first-order valence-corrected chi connectivity index (χ1v) is 9.39. The summed E-state index contributed by atoms with van der Waals surface area (Å²) in [6.45, 7) is 6.18. The van der Waals surface area contributed by atoms with E-state index in [4.69, 9.17) is 16.3 Å². The summed E-state index contributed by atoms with van der Waals surface area (Å²) in [4.78, 5) is 29.6. The Balaban J connectivity index is 1.80. The number of carbonyl (C=O) groups excluding carboxylic acids is 2. The van der Waals surface area contributed by atoms with Gasteiger partial charge in [0.25, 0.3) is 5.91 Å². The highest BCUT2D eigenvalue weighted by atomic mass is 35.5. The highest BCUT2D eigenvalue weighted by Crippen LogP contribution is 2.33.